The Labute approximate surface area is 197 Å². The first kappa shape index (κ1) is 23.9. The van der Waals surface area contributed by atoms with Crippen molar-refractivity contribution in [2.24, 2.45) is 5.92 Å². The van der Waals surface area contributed by atoms with E-state index in [0.717, 1.165) is 36.8 Å². The van der Waals surface area contributed by atoms with E-state index in [4.69, 9.17) is 4.74 Å². The molecule has 1 fully saturated rings. The van der Waals surface area contributed by atoms with E-state index in [-0.39, 0.29) is 17.9 Å². The molecule has 1 aromatic heterocycles. The van der Waals surface area contributed by atoms with E-state index in [0.29, 0.717) is 17.3 Å². The van der Waals surface area contributed by atoms with Crippen molar-refractivity contribution in [3.63, 3.8) is 0 Å². The fraction of sp³-hybridized carbons (Fsp3) is 0.385. The van der Waals surface area contributed by atoms with Crippen LogP contribution in [0, 0.1) is 5.92 Å². The highest BCUT2D eigenvalue weighted by molar-refractivity contribution is 5.65. The van der Waals surface area contributed by atoms with Crippen LogP contribution in [-0.4, -0.2) is 16.1 Å². The molecule has 5 nitrogen and oxygen atoms in total. The van der Waals surface area contributed by atoms with E-state index < -0.39 is 11.7 Å². The van der Waals surface area contributed by atoms with Gasteiger partial charge in [0.1, 0.15) is 17.1 Å². The summed E-state index contributed by atoms with van der Waals surface area (Å²) in [6.07, 6.45) is 1.71. The zero-order valence-corrected chi connectivity index (χ0v) is 19.3. The minimum Gasteiger partial charge on any atom is -0.490 e. The molecule has 0 unspecified atom stereocenters. The maximum atomic E-state index is 13.7. The number of rotatable bonds is 8. The second kappa shape index (κ2) is 10.3. The summed E-state index contributed by atoms with van der Waals surface area (Å²) in [5.74, 6) is 0.909. The summed E-state index contributed by atoms with van der Waals surface area (Å²) in [6.45, 7) is 4.13. The van der Waals surface area contributed by atoms with Crippen LogP contribution >= 0.6 is 0 Å². The normalized spacial score (nSPS) is 14.4. The minimum atomic E-state index is -4.59. The van der Waals surface area contributed by atoms with Gasteiger partial charge in [-0.05, 0) is 73.9 Å². The van der Waals surface area contributed by atoms with Crippen LogP contribution in [0.15, 0.2) is 54.7 Å². The van der Waals surface area contributed by atoms with E-state index in [2.05, 4.69) is 34.4 Å². The second-order valence-electron chi connectivity index (χ2n) is 9.01. The van der Waals surface area contributed by atoms with Crippen LogP contribution in [0.1, 0.15) is 50.7 Å². The Hall–Kier alpha value is -3.29. The molecule has 0 aliphatic heterocycles. The van der Waals surface area contributed by atoms with Crippen LogP contribution in [0.25, 0.3) is 0 Å². The second-order valence-corrected chi connectivity index (χ2v) is 9.01. The molecule has 1 aliphatic carbocycles. The third-order valence-corrected chi connectivity index (χ3v) is 5.71. The predicted octanol–water partition coefficient (Wildman–Crippen LogP) is 7.50. The summed E-state index contributed by atoms with van der Waals surface area (Å²) in [7, 11) is 0. The van der Waals surface area contributed by atoms with Crippen LogP contribution in [0.5, 0.6) is 5.75 Å². The van der Waals surface area contributed by atoms with Gasteiger partial charge in [0, 0.05) is 17.6 Å². The van der Waals surface area contributed by atoms with Gasteiger partial charge >= 0.3 is 6.18 Å². The van der Waals surface area contributed by atoms with E-state index >= 15 is 0 Å². The molecule has 1 aliphatic rings. The molecule has 0 amide bonds. The summed E-state index contributed by atoms with van der Waals surface area (Å²) in [4.78, 5) is 8.08. The highest BCUT2D eigenvalue weighted by Crippen LogP contribution is 2.36. The van der Waals surface area contributed by atoms with Gasteiger partial charge in [0.25, 0.3) is 0 Å². The summed E-state index contributed by atoms with van der Waals surface area (Å²) in [5, 5.41) is 5.89. The van der Waals surface area contributed by atoms with E-state index in [1.165, 1.54) is 12.8 Å². The van der Waals surface area contributed by atoms with E-state index in [1.54, 1.807) is 24.3 Å². The number of benzene rings is 2. The molecular weight excluding hydrogens is 441 g/mol. The first-order chi connectivity index (χ1) is 16.3. The number of nitrogens with zero attached hydrogens (tertiary/aromatic N) is 2. The van der Waals surface area contributed by atoms with Gasteiger partial charge < -0.3 is 15.4 Å². The van der Waals surface area contributed by atoms with E-state index in [9.17, 15) is 13.2 Å². The van der Waals surface area contributed by atoms with Gasteiger partial charge in [0.05, 0.1) is 6.10 Å². The van der Waals surface area contributed by atoms with Crippen molar-refractivity contribution in [2.45, 2.75) is 58.2 Å². The van der Waals surface area contributed by atoms with Crippen LogP contribution in [-0.2, 0) is 12.6 Å². The lowest BCUT2D eigenvalue weighted by Gasteiger charge is -2.17. The van der Waals surface area contributed by atoms with Crippen molar-refractivity contribution >= 4 is 23.1 Å². The predicted molar refractivity (Wildman–Crippen MR) is 128 cm³/mol. The van der Waals surface area contributed by atoms with Gasteiger partial charge in [-0.3, -0.25) is 0 Å². The SMILES string of the molecule is CC(C)Cc1ccccc1Nc1nc(Nc2ccc(OC3CCCC3)cc2)ncc1C(F)(F)F. The molecular formula is C26H29F3N4O. The van der Waals surface area contributed by atoms with Crippen molar-refractivity contribution in [2.75, 3.05) is 10.6 Å². The molecule has 2 N–H and O–H groups in total. The Balaban J connectivity index is 1.55. The van der Waals surface area contributed by atoms with Crippen LogP contribution in [0.4, 0.5) is 36.3 Å². The molecule has 4 rings (SSSR count). The Morgan fingerprint density at radius 3 is 2.38 bits per heavy atom. The highest BCUT2D eigenvalue weighted by Gasteiger charge is 2.35. The number of hydrogen-bond acceptors (Lipinski definition) is 5. The molecule has 8 heteroatoms. The van der Waals surface area contributed by atoms with Crippen molar-refractivity contribution in [3.8, 4) is 5.75 Å². The molecule has 34 heavy (non-hydrogen) atoms. The smallest absolute Gasteiger partial charge is 0.421 e. The lowest BCUT2D eigenvalue weighted by atomic mass is 10.0. The number of ether oxygens (including phenoxy) is 1. The maximum absolute atomic E-state index is 13.7. The van der Waals surface area contributed by atoms with Gasteiger partial charge in [0.15, 0.2) is 0 Å². The molecule has 0 spiro atoms. The maximum Gasteiger partial charge on any atom is 0.421 e. The van der Waals surface area contributed by atoms with Crippen molar-refractivity contribution in [1.82, 2.24) is 9.97 Å². The number of alkyl halides is 3. The van der Waals surface area contributed by atoms with Crippen LogP contribution in [0.2, 0.25) is 0 Å². The number of para-hydroxylation sites is 1. The Morgan fingerprint density at radius 2 is 1.71 bits per heavy atom. The van der Waals surface area contributed by atoms with Gasteiger partial charge in [-0.25, -0.2) is 4.98 Å². The molecule has 180 valence electrons. The first-order valence-electron chi connectivity index (χ1n) is 11.6. The van der Waals surface area contributed by atoms with Crippen molar-refractivity contribution in [1.29, 1.82) is 0 Å². The average molecular weight is 471 g/mol. The number of nitrogens with one attached hydrogen (secondary N) is 2. The summed E-state index contributed by atoms with van der Waals surface area (Å²) in [5.41, 5.74) is 1.26. The standard InChI is InChI=1S/C26H29F3N4O/c1-17(2)15-18-7-3-6-10-23(18)32-24-22(26(27,28)29)16-30-25(33-24)31-19-11-13-21(14-12-19)34-20-8-4-5-9-20/h3,6-7,10-14,16-17,20H,4-5,8-9,15H2,1-2H3,(H2,30,31,32,33). The summed E-state index contributed by atoms with van der Waals surface area (Å²) in [6, 6.07) is 14.6. The fourth-order valence-electron chi connectivity index (χ4n) is 4.08. The van der Waals surface area contributed by atoms with Gasteiger partial charge in [0.2, 0.25) is 5.95 Å². The summed E-state index contributed by atoms with van der Waals surface area (Å²) >= 11 is 0. The first-order valence-corrected chi connectivity index (χ1v) is 11.6. The topological polar surface area (TPSA) is 59.1 Å². The zero-order valence-electron chi connectivity index (χ0n) is 19.3. The van der Waals surface area contributed by atoms with Crippen LogP contribution in [0.3, 0.4) is 0 Å². The third-order valence-electron chi connectivity index (χ3n) is 5.71. The molecule has 1 saturated carbocycles. The number of aromatic nitrogens is 2. The van der Waals surface area contributed by atoms with Crippen LogP contribution < -0.4 is 15.4 Å². The molecule has 1 heterocycles. The molecule has 0 saturated heterocycles. The number of hydrogen-bond donors (Lipinski definition) is 2. The summed E-state index contributed by atoms with van der Waals surface area (Å²) < 4.78 is 47.0. The molecule has 2 aromatic carbocycles. The highest BCUT2D eigenvalue weighted by atomic mass is 19.4. The van der Waals surface area contributed by atoms with Gasteiger partial charge in [-0.1, -0.05) is 32.0 Å². The van der Waals surface area contributed by atoms with Crippen molar-refractivity contribution in [3.05, 3.63) is 65.9 Å². The zero-order chi connectivity index (χ0) is 24.1. The minimum absolute atomic E-state index is 0.0706. The number of halogens is 3. The molecule has 3 aromatic rings. The Morgan fingerprint density at radius 1 is 1.00 bits per heavy atom. The average Bonchev–Trinajstić information content (AvgIpc) is 3.29. The van der Waals surface area contributed by atoms with Gasteiger partial charge in [-0.15, -0.1) is 0 Å². The number of anilines is 4. The Kier molecular flexibility index (Phi) is 7.24. The largest absolute Gasteiger partial charge is 0.490 e. The lowest BCUT2D eigenvalue weighted by Crippen LogP contribution is -2.13. The lowest BCUT2D eigenvalue weighted by molar-refractivity contribution is -0.137. The third kappa shape index (κ3) is 6.18. The Bertz CT molecular complexity index is 1090. The molecule has 0 bridgehead atoms. The van der Waals surface area contributed by atoms with E-state index in [1.807, 2.05) is 24.3 Å². The monoisotopic (exact) mass is 470 g/mol. The molecule has 0 radical (unpaired) electrons. The molecule has 0 atom stereocenters. The fourth-order valence-corrected chi connectivity index (χ4v) is 4.08. The quantitative estimate of drug-likeness (QED) is 0.357. The van der Waals surface area contributed by atoms with Gasteiger partial charge in [-0.2, -0.15) is 18.2 Å². The van der Waals surface area contributed by atoms with Crippen molar-refractivity contribution < 1.29 is 17.9 Å².